The normalized spacial score (nSPS) is 12.3. The van der Waals surface area contributed by atoms with Crippen LogP contribution in [0.1, 0.15) is 25.8 Å². The number of hydrogen-bond acceptors (Lipinski definition) is 2. The standard InChI is InChI=1S/C14H21BrN2O2/c1-10(2)13(18)7-8-16-14(19)17-9-11-3-5-12(15)6-4-11/h3-6,10,13,18H,7-9H2,1-2H3,(H2,16,17,19). The number of amides is 2. The summed E-state index contributed by atoms with van der Waals surface area (Å²) in [6, 6.07) is 7.57. The van der Waals surface area contributed by atoms with Crippen LogP contribution in [0, 0.1) is 5.92 Å². The minimum Gasteiger partial charge on any atom is -0.393 e. The van der Waals surface area contributed by atoms with E-state index in [1.807, 2.05) is 38.1 Å². The maximum Gasteiger partial charge on any atom is 0.315 e. The van der Waals surface area contributed by atoms with Crippen molar-refractivity contribution in [3.8, 4) is 0 Å². The summed E-state index contributed by atoms with van der Waals surface area (Å²) in [5.41, 5.74) is 1.04. The van der Waals surface area contributed by atoms with E-state index in [0.29, 0.717) is 19.5 Å². The zero-order chi connectivity index (χ0) is 14.3. The van der Waals surface area contributed by atoms with Gasteiger partial charge in [-0.3, -0.25) is 0 Å². The summed E-state index contributed by atoms with van der Waals surface area (Å²) in [5, 5.41) is 15.1. The van der Waals surface area contributed by atoms with Crippen molar-refractivity contribution < 1.29 is 9.90 Å². The third-order valence-electron chi connectivity index (χ3n) is 2.86. The monoisotopic (exact) mass is 328 g/mol. The highest BCUT2D eigenvalue weighted by Gasteiger charge is 2.09. The molecule has 0 aliphatic carbocycles. The van der Waals surface area contributed by atoms with Crippen LogP contribution in [0.5, 0.6) is 0 Å². The van der Waals surface area contributed by atoms with Gasteiger partial charge in [0.2, 0.25) is 0 Å². The fourth-order valence-electron chi connectivity index (χ4n) is 1.51. The third-order valence-corrected chi connectivity index (χ3v) is 3.39. The molecule has 3 N–H and O–H groups in total. The Labute approximate surface area is 122 Å². The first-order chi connectivity index (χ1) is 8.99. The van der Waals surface area contributed by atoms with Crippen molar-refractivity contribution in [1.82, 2.24) is 10.6 Å². The number of benzene rings is 1. The lowest BCUT2D eigenvalue weighted by atomic mass is 10.0. The molecule has 0 radical (unpaired) electrons. The molecule has 1 rings (SSSR count). The average Bonchev–Trinajstić information content (AvgIpc) is 2.37. The SMILES string of the molecule is CC(C)C(O)CCNC(=O)NCc1ccc(Br)cc1. The van der Waals surface area contributed by atoms with Crippen LogP contribution in [0.15, 0.2) is 28.7 Å². The van der Waals surface area contributed by atoms with Crippen molar-refractivity contribution >= 4 is 22.0 Å². The van der Waals surface area contributed by atoms with E-state index in [1.165, 1.54) is 0 Å². The van der Waals surface area contributed by atoms with E-state index >= 15 is 0 Å². The maximum absolute atomic E-state index is 11.5. The zero-order valence-corrected chi connectivity index (χ0v) is 12.9. The highest BCUT2D eigenvalue weighted by Crippen LogP contribution is 2.10. The number of nitrogens with one attached hydrogen (secondary N) is 2. The van der Waals surface area contributed by atoms with Crippen molar-refractivity contribution in [2.45, 2.75) is 32.9 Å². The van der Waals surface area contributed by atoms with Crippen molar-refractivity contribution in [1.29, 1.82) is 0 Å². The summed E-state index contributed by atoms with van der Waals surface area (Å²) in [7, 11) is 0. The van der Waals surface area contributed by atoms with Gasteiger partial charge in [0, 0.05) is 17.6 Å². The molecule has 0 spiro atoms. The molecule has 0 heterocycles. The van der Waals surface area contributed by atoms with Gasteiger partial charge in [-0.05, 0) is 30.0 Å². The molecule has 5 heteroatoms. The van der Waals surface area contributed by atoms with E-state index in [0.717, 1.165) is 10.0 Å². The lowest BCUT2D eigenvalue weighted by molar-refractivity contribution is 0.116. The second-order valence-corrected chi connectivity index (χ2v) is 5.75. The van der Waals surface area contributed by atoms with Gasteiger partial charge in [-0.25, -0.2) is 4.79 Å². The quantitative estimate of drug-likeness (QED) is 0.751. The first-order valence-electron chi connectivity index (χ1n) is 6.43. The Hall–Kier alpha value is -1.07. The van der Waals surface area contributed by atoms with Crippen LogP contribution in [0.3, 0.4) is 0 Å². The van der Waals surface area contributed by atoms with Crippen LogP contribution in [0.25, 0.3) is 0 Å². The van der Waals surface area contributed by atoms with Gasteiger partial charge in [0.25, 0.3) is 0 Å². The largest absolute Gasteiger partial charge is 0.393 e. The molecule has 1 unspecified atom stereocenters. The molecule has 0 aliphatic heterocycles. The van der Waals surface area contributed by atoms with Crippen LogP contribution in [0.4, 0.5) is 4.79 Å². The minimum absolute atomic E-state index is 0.209. The topological polar surface area (TPSA) is 61.4 Å². The van der Waals surface area contributed by atoms with Crippen LogP contribution in [-0.4, -0.2) is 23.8 Å². The van der Waals surface area contributed by atoms with E-state index in [2.05, 4.69) is 26.6 Å². The number of urea groups is 1. The molecule has 1 atom stereocenters. The molecule has 0 saturated heterocycles. The van der Waals surface area contributed by atoms with E-state index in [-0.39, 0.29) is 18.1 Å². The molecule has 106 valence electrons. The molecule has 4 nitrogen and oxygen atoms in total. The second-order valence-electron chi connectivity index (χ2n) is 4.84. The zero-order valence-electron chi connectivity index (χ0n) is 11.3. The van der Waals surface area contributed by atoms with Gasteiger partial charge in [-0.15, -0.1) is 0 Å². The van der Waals surface area contributed by atoms with E-state index in [4.69, 9.17) is 0 Å². The van der Waals surface area contributed by atoms with Crippen LogP contribution in [-0.2, 0) is 6.54 Å². The van der Waals surface area contributed by atoms with Crippen LogP contribution in [0.2, 0.25) is 0 Å². The fraction of sp³-hybridized carbons (Fsp3) is 0.500. The Morgan fingerprint density at radius 3 is 2.47 bits per heavy atom. The first kappa shape index (κ1) is 16.0. The molecule has 19 heavy (non-hydrogen) atoms. The van der Waals surface area contributed by atoms with Gasteiger partial charge in [0.15, 0.2) is 0 Å². The number of aliphatic hydroxyl groups is 1. The number of hydrogen-bond donors (Lipinski definition) is 3. The number of aliphatic hydroxyl groups excluding tert-OH is 1. The second kappa shape index (κ2) is 8.17. The van der Waals surface area contributed by atoms with Gasteiger partial charge in [0.05, 0.1) is 6.10 Å². The highest BCUT2D eigenvalue weighted by molar-refractivity contribution is 9.10. The van der Waals surface area contributed by atoms with Gasteiger partial charge in [0.1, 0.15) is 0 Å². The van der Waals surface area contributed by atoms with Crippen LogP contribution < -0.4 is 10.6 Å². The molecule has 0 aromatic heterocycles. The van der Waals surface area contributed by atoms with Gasteiger partial charge in [-0.1, -0.05) is 41.9 Å². The predicted molar refractivity (Wildman–Crippen MR) is 79.8 cm³/mol. The average molecular weight is 329 g/mol. The lowest BCUT2D eigenvalue weighted by Crippen LogP contribution is -2.37. The molecule has 1 aromatic rings. The Bertz CT molecular complexity index is 393. The molecule has 0 bridgehead atoms. The van der Waals surface area contributed by atoms with Crippen molar-refractivity contribution in [3.63, 3.8) is 0 Å². The smallest absolute Gasteiger partial charge is 0.315 e. The molecular weight excluding hydrogens is 308 g/mol. The Balaban J connectivity index is 2.19. The Morgan fingerprint density at radius 1 is 1.26 bits per heavy atom. The number of halogens is 1. The maximum atomic E-state index is 11.5. The number of rotatable bonds is 6. The fourth-order valence-corrected chi connectivity index (χ4v) is 1.78. The predicted octanol–water partition coefficient (Wildman–Crippen LogP) is 2.66. The van der Waals surface area contributed by atoms with E-state index in [9.17, 15) is 9.90 Å². The molecule has 0 aliphatic rings. The third kappa shape index (κ3) is 6.59. The number of carbonyl (C=O) groups is 1. The number of carbonyl (C=O) groups excluding carboxylic acids is 1. The summed E-state index contributed by atoms with van der Waals surface area (Å²) in [6.45, 7) is 4.88. The molecule has 0 fully saturated rings. The molecule has 1 aromatic carbocycles. The Morgan fingerprint density at radius 2 is 1.89 bits per heavy atom. The molecule has 2 amide bonds. The highest BCUT2D eigenvalue weighted by atomic mass is 79.9. The summed E-state index contributed by atoms with van der Waals surface area (Å²) in [4.78, 5) is 11.5. The van der Waals surface area contributed by atoms with Gasteiger partial charge >= 0.3 is 6.03 Å². The van der Waals surface area contributed by atoms with E-state index < -0.39 is 0 Å². The molecule has 0 saturated carbocycles. The Kier molecular flexibility index (Phi) is 6.87. The van der Waals surface area contributed by atoms with Gasteiger partial charge < -0.3 is 15.7 Å². The van der Waals surface area contributed by atoms with Gasteiger partial charge in [-0.2, -0.15) is 0 Å². The summed E-state index contributed by atoms with van der Waals surface area (Å²) >= 11 is 3.36. The lowest BCUT2D eigenvalue weighted by Gasteiger charge is -2.14. The summed E-state index contributed by atoms with van der Waals surface area (Å²) < 4.78 is 1.02. The minimum atomic E-state index is -0.369. The van der Waals surface area contributed by atoms with Crippen LogP contribution >= 0.6 is 15.9 Å². The van der Waals surface area contributed by atoms with Crippen molar-refractivity contribution in [2.24, 2.45) is 5.92 Å². The van der Waals surface area contributed by atoms with Crippen molar-refractivity contribution in [2.75, 3.05) is 6.54 Å². The first-order valence-corrected chi connectivity index (χ1v) is 7.22. The van der Waals surface area contributed by atoms with Crippen molar-refractivity contribution in [3.05, 3.63) is 34.3 Å². The summed E-state index contributed by atoms with van der Waals surface area (Å²) in [6.07, 6.45) is 0.204. The molecular formula is C14H21BrN2O2. The van der Waals surface area contributed by atoms with E-state index in [1.54, 1.807) is 0 Å². The summed E-state index contributed by atoms with van der Waals surface area (Å²) in [5.74, 6) is 0.215.